The van der Waals surface area contributed by atoms with E-state index in [4.69, 9.17) is 4.42 Å². The van der Waals surface area contributed by atoms with E-state index in [-0.39, 0.29) is 0 Å². The molecular formula is C11H12BrN3O. The van der Waals surface area contributed by atoms with Crippen LogP contribution in [0.2, 0.25) is 0 Å². The number of rotatable bonds is 3. The van der Waals surface area contributed by atoms with Gasteiger partial charge < -0.3 is 9.73 Å². The molecule has 2 aromatic heterocycles. The molecule has 0 radical (unpaired) electrons. The molecule has 0 spiro atoms. The Balaban J connectivity index is 2.04. The first-order valence-corrected chi connectivity index (χ1v) is 5.72. The summed E-state index contributed by atoms with van der Waals surface area (Å²) in [5.74, 6) is 2.33. The van der Waals surface area contributed by atoms with Gasteiger partial charge in [-0.2, -0.15) is 0 Å². The molecular weight excluding hydrogens is 270 g/mol. The fourth-order valence-corrected chi connectivity index (χ4v) is 1.81. The highest BCUT2D eigenvalue weighted by atomic mass is 79.9. The smallest absolute Gasteiger partial charge is 0.213 e. The van der Waals surface area contributed by atoms with Crippen LogP contribution in [0.15, 0.2) is 27.3 Å². The molecule has 2 heterocycles. The molecule has 0 fully saturated rings. The average Bonchev–Trinajstić information content (AvgIpc) is 2.63. The Labute approximate surface area is 102 Å². The Morgan fingerprint density at radius 1 is 1.31 bits per heavy atom. The minimum Gasteiger partial charge on any atom is -0.444 e. The lowest BCUT2D eigenvalue weighted by molar-refractivity contribution is 0.479. The number of oxazole rings is 1. The summed E-state index contributed by atoms with van der Waals surface area (Å²) in [6.45, 7) is 4.42. The average molecular weight is 282 g/mol. The van der Waals surface area contributed by atoms with Gasteiger partial charge in [0.15, 0.2) is 0 Å². The molecule has 0 atom stereocenters. The summed E-state index contributed by atoms with van der Waals surface area (Å²) in [4.78, 5) is 8.38. The number of halogens is 1. The van der Waals surface area contributed by atoms with E-state index in [1.807, 2.05) is 19.9 Å². The summed E-state index contributed by atoms with van der Waals surface area (Å²) in [7, 11) is 0. The lowest BCUT2D eigenvalue weighted by atomic mass is 10.3. The van der Waals surface area contributed by atoms with Gasteiger partial charge in [-0.3, -0.25) is 0 Å². The van der Waals surface area contributed by atoms with Crippen LogP contribution in [-0.4, -0.2) is 9.97 Å². The van der Waals surface area contributed by atoms with Crippen LogP contribution in [0.4, 0.5) is 5.82 Å². The van der Waals surface area contributed by atoms with Gasteiger partial charge in [0, 0.05) is 10.7 Å². The van der Waals surface area contributed by atoms with Crippen LogP contribution in [0.25, 0.3) is 0 Å². The standard InChI is InChI=1S/C11H12BrN3O/c1-7-3-9(12)5-14-11(7)15-6-10-13-4-8(2)16-10/h3-5H,6H2,1-2H3,(H,14,15). The van der Waals surface area contributed by atoms with Crippen LogP contribution >= 0.6 is 15.9 Å². The van der Waals surface area contributed by atoms with Gasteiger partial charge in [-0.1, -0.05) is 0 Å². The lowest BCUT2D eigenvalue weighted by Gasteiger charge is -2.06. The summed E-state index contributed by atoms with van der Waals surface area (Å²) in [5.41, 5.74) is 1.08. The maximum Gasteiger partial charge on any atom is 0.213 e. The van der Waals surface area contributed by atoms with Gasteiger partial charge >= 0.3 is 0 Å². The van der Waals surface area contributed by atoms with E-state index in [0.29, 0.717) is 12.4 Å². The number of hydrogen-bond donors (Lipinski definition) is 1. The molecule has 1 N–H and O–H groups in total. The number of pyridine rings is 1. The maximum absolute atomic E-state index is 5.36. The van der Waals surface area contributed by atoms with E-state index in [1.54, 1.807) is 12.4 Å². The number of nitrogens with one attached hydrogen (secondary N) is 1. The number of hydrogen-bond acceptors (Lipinski definition) is 4. The zero-order valence-electron chi connectivity index (χ0n) is 9.12. The molecule has 0 saturated heterocycles. The van der Waals surface area contributed by atoms with Crippen LogP contribution < -0.4 is 5.32 Å². The van der Waals surface area contributed by atoms with Crippen molar-refractivity contribution >= 4 is 21.7 Å². The molecule has 0 saturated carbocycles. The number of aromatic nitrogens is 2. The SMILES string of the molecule is Cc1cnc(CNc2ncc(Br)cc2C)o1. The largest absolute Gasteiger partial charge is 0.444 e. The molecule has 2 rings (SSSR count). The molecule has 0 amide bonds. The van der Waals surface area contributed by atoms with Gasteiger partial charge in [-0.25, -0.2) is 9.97 Å². The second-order valence-corrected chi connectivity index (χ2v) is 4.45. The molecule has 0 unspecified atom stereocenters. The maximum atomic E-state index is 5.36. The fraction of sp³-hybridized carbons (Fsp3) is 0.273. The van der Waals surface area contributed by atoms with Crippen LogP contribution in [-0.2, 0) is 6.54 Å². The topological polar surface area (TPSA) is 51.0 Å². The number of anilines is 1. The molecule has 0 aliphatic heterocycles. The Bertz CT molecular complexity index is 496. The molecule has 16 heavy (non-hydrogen) atoms. The van der Waals surface area contributed by atoms with Crippen LogP contribution in [0.5, 0.6) is 0 Å². The Kier molecular flexibility index (Phi) is 3.24. The van der Waals surface area contributed by atoms with Crippen molar-refractivity contribution in [2.24, 2.45) is 0 Å². The molecule has 0 aliphatic carbocycles. The van der Waals surface area contributed by atoms with E-state index >= 15 is 0 Å². The highest BCUT2D eigenvalue weighted by Gasteiger charge is 2.03. The lowest BCUT2D eigenvalue weighted by Crippen LogP contribution is -2.03. The van der Waals surface area contributed by atoms with Crippen molar-refractivity contribution in [1.29, 1.82) is 0 Å². The first-order valence-electron chi connectivity index (χ1n) is 4.92. The minimum absolute atomic E-state index is 0.545. The predicted octanol–water partition coefficient (Wildman–Crippen LogP) is 3.06. The highest BCUT2D eigenvalue weighted by Crippen LogP contribution is 2.17. The van der Waals surface area contributed by atoms with Gasteiger partial charge in [0.2, 0.25) is 5.89 Å². The second-order valence-electron chi connectivity index (χ2n) is 3.54. The van der Waals surface area contributed by atoms with Crippen LogP contribution in [0.1, 0.15) is 17.2 Å². The fourth-order valence-electron chi connectivity index (χ4n) is 1.37. The minimum atomic E-state index is 0.545. The molecule has 0 aromatic carbocycles. The first-order chi connectivity index (χ1) is 7.65. The third-order valence-electron chi connectivity index (χ3n) is 2.12. The predicted molar refractivity (Wildman–Crippen MR) is 65.2 cm³/mol. The van der Waals surface area contributed by atoms with Gasteiger partial charge in [0.25, 0.3) is 0 Å². The van der Waals surface area contributed by atoms with Crippen molar-refractivity contribution in [1.82, 2.24) is 9.97 Å². The molecule has 84 valence electrons. The highest BCUT2D eigenvalue weighted by molar-refractivity contribution is 9.10. The molecule has 0 aliphatic rings. The summed E-state index contributed by atoms with van der Waals surface area (Å²) in [5, 5.41) is 3.18. The van der Waals surface area contributed by atoms with Crippen LogP contribution in [0.3, 0.4) is 0 Å². The molecule has 5 heteroatoms. The zero-order valence-corrected chi connectivity index (χ0v) is 10.7. The van der Waals surface area contributed by atoms with Crippen molar-refractivity contribution in [3.05, 3.63) is 40.1 Å². The Hall–Kier alpha value is -1.36. The summed E-state index contributed by atoms with van der Waals surface area (Å²) >= 11 is 3.37. The van der Waals surface area contributed by atoms with E-state index in [9.17, 15) is 0 Å². The van der Waals surface area contributed by atoms with Crippen molar-refractivity contribution in [3.63, 3.8) is 0 Å². The summed E-state index contributed by atoms with van der Waals surface area (Å²) in [6.07, 6.45) is 3.47. The third kappa shape index (κ3) is 2.61. The quantitative estimate of drug-likeness (QED) is 0.940. The molecule has 2 aromatic rings. The monoisotopic (exact) mass is 281 g/mol. The number of nitrogens with zero attached hydrogens (tertiary/aromatic N) is 2. The molecule has 4 nitrogen and oxygen atoms in total. The zero-order chi connectivity index (χ0) is 11.5. The third-order valence-corrected chi connectivity index (χ3v) is 2.55. The van der Waals surface area contributed by atoms with Gasteiger partial charge in [0.1, 0.15) is 11.6 Å². The van der Waals surface area contributed by atoms with Gasteiger partial charge in [-0.05, 0) is 41.4 Å². The Morgan fingerprint density at radius 2 is 2.12 bits per heavy atom. The second kappa shape index (κ2) is 4.65. The van der Waals surface area contributed by atoms with Crippen LogP contribution in [0, 0.1) is 13.8 Å². The Morgan fingerprint density at radius 3 is 2.75 bits per heavy atom. The van der Waals surface area contributed by atoms with Gasteiger partial charge in [0.05, 0.1) is 12.7 Å². The first kappa shape index (κ1) is 11.1. The van der Waals surface area contributed by atoms with E-state index < -0.39 is 0 Å². The van der Waals surface area contributed by atoms with Gasteiger partial charge in [-0.15, -0.1) is 0 Å². The van der Waals surface area contributed by atoms with Crippen molar-refractivity contribution < 1.29 is 4.42 Å². The summed E-state index contributed by atoms with van der Waals surface area (Å²) < 4.78 is 6.33. The van der Waals surface area contributed by atoms with Crippen molar-refractivity contribution in [2.45, 2.75) is 20.4 Å². The van der Waals surface area contributed by atoms with Crippen molar-refractivity contribution in [3.8, 4) is 0 Å². The summed E-state index contributed by atoms with van der Waals surface area (Å²) in [6, 6.07) is 2.01. The van der Waals surface area contributed by atoms with E-state index in [2.05, 4.69) is 31.2 Å². The van der Waals surface area contributed by atoms with E-state index in [0.717, 1.165) is 21.6 Å². The normalized spacial score (nSPS) is 10.4. The number of aryl methyl sites for hydroxylation is 2. The molecule has 0 bridgehead atoms. The van der Waals surface area contributed by atoms with E-state index in [1.165, 1.54) is 0 Å². The van der Waals surface area contributed by atoms with Crippen molar-refractivity contribution in [2.75, 3.05) is 5.32 Å².